The van der Waals surface area contributed by atoms with Gasteiger partial charge in [0.05, 0.1) is 0 Å². The highest BCUT2D eigenvalue weighted by molar-refractivity contribution is 5.69. The van der Waals surface area contributed by atoms with Crippen LogP contribution in [0, 0.1) is 12.8 Å². The van der Waals surface area contributed by atoms with E-state index in [1.165, 1.54) is 11.1 Å². The Morgan fingerprint density at radius 3 is 2.55 bits per heavy atom. The van der Waals surface area contributed by atoms with Crippen LogP contribution in [-0.4, -0.2) is 36.1 Å². The lowest BCUT2D eigenvalue weighted by Gasteiger charge is -2.48. The van der Waals surface area contributed by atoms with Crippen molar-refractivity contribution in [1.29, 1.82) is 0 Å². The summed E-state index contributed by atoms with van der Waals surface area (Å²) in [6, 6.07) is 9.01. The molecule has 2 rings (SSSR count). The highest BCUT2D eigenvalue weighted by Crippen LogP contribution is 2.37. The molecule has 0 N–H and O–H groups in total. The van der Waals surface area contributed by atoms with E-state index < -0.39 is 0 Å². The molecule has 1 aromatic carbocycles. The predicted octanol–water partition coefficient (Wildman–Crippen LogP) is 3.59. The number of carbonyl (C=O) groups excluding carboxylic acids is 1. The minimum absolute atomic E-state index is 0.0873. The maximum Gasteiger partial charge on any atom is 0.306 e. The number of nitrogens with zero attached hydrogens (tertiary/aromatic N) is 1. The summed E-state index contributed by atoms with van der Waals surface area (Å²) in [7, 11) is 2.15. The third-order valence-electron chi connectivity index (χ3n) is 5.08. The van der Waals surface area contributed by atoms with Crippen LogP contribution >= 0.6 is 0 Å². The average molecular weight is 303 g/mol. The second-order valence-electron chi connectivity index (χ2n) is 6.95. The largest absolute Gasteiger partial charge is 0.458 e. The Bertz CT molecular complexity index is 511. The van der Waals surface area contributed by atoms with Gasteiger partial charge in [-0.05, 0) is 26.5 Å². The molecule has 1 fully saturated rings. The molecule has 0 unspecified atom stereocenters. The maximum atomic E-state index is 12.0. The van der Waals surface area contributed by atoms with Gasteiger partial charge < -0.3 is 9.64 Å². The van der Waals surface area contributed by atoms with Crippen molar-refractivity contribution in [3.05, 3.63) is 35.4 Å². The van der Waals surface area contributed by atoms with Crippen molar-refractivity contribution in [2.45, 2.75) is 58.6 Å². The summed E-state index contributed by atoms with van der Waals surface area (Å²) in [5.74, 6) is 0.237. The fraction of sp³-hybridized carbons (Fsp3) is 0.632. The summed E-state index contributed by atoms with van der Waals surface area (Å²) in [5.41, 5.74) is 2.13. The topological polar surface area (TPSA) is 29.5 Å². The Hall–Kier alpha value is -1.35. The molecular weight excluding hydrogens is 274 g/mol. The molecule has 0 radical (unpaired) electrons. The lowest BCUT2D eigenvalue weighted by Crippen LogP contribution is -2.56. The Morgan fingerprint density at radius 1 is 1.32 bits per heavy atom. The van der Waals surface area contributed by atoms with Crippen LogP contribution in [0.2, 0.25) is 0 Å². The highest BCUT2D eigenvalue weighted by atomic mass is 16.6. The minimum atomic E-state index is -0.381. The molecule has 3 atom stereocenters. The third-order valence-corrected chi connectivity index (χ3v) is 5.08. The number of likely N-dealkylation sites (tertiary alicyclic amines) is 1. The molecule has 122 valence electrons. The lowest BCUT2D eigenvalue weighted by atomic mass is 9.75. The summed E-state index contributed by atoms with van der Waals surface area (Å²) in [6.45, 7) is 9.35. The zero-order valence-corrected chi connectivity index (χ0v) is 14.6. The maximum absolute atomic E-state index is 12.0. The van der Waals surface area contributed by atoms with Gasteiger partial charge in [-0.2, -0.15) is 0 Å². The van der Waals surface area contributed by atoms with Crippen molar-refractivity contribution < 1.29 is 9.53 Å². The van der Waals surface area contributed by atoms with Gasteiger partial charge in [-0.15, -0.1) is 0 Å². The van der Waals surface area contributed by atoms with Crippen LogP contribution < -0.4 is 0 Å². The van der Waals surface area contributed by atoms with Gasteiger partial charge in [-0.25, -0.2) is 0 Å². The summed E-state index contributed by atoms with van der Waals surface area (Å²) >= 11 is 0. The van der Waals surface area contributed by atoms with Crippen LogP contribution in [0.25, 0.3) is 0 Å². The third kappa shape index (κ3) is 3.70. The van der Waals surface area contributed by atoms with Gasteiger partial charge in [0.2, 0.25) is 0 Å². The number of benzene rings is 1. The summed E-state index contributed by atoms with van der Waals surface area (Å²) in [5, 5.41) is 0. The minimum Gasteiger partial charge on any atom is -0.458 e. The van der Waals surface area contributed by atoms with Gasteiger partial charge >= 0.3 is 5.97 Å². The molecule has 1 heterocycles. The lowest BCUT2D eigenvalue weighted by molar-refractivity contribution is -0.174. The molecule has 0 aromatic heterocycles. The van der Waals surface area contributed by atoms with Gasteiger partial charge in [0.25, 0.3) is 0 Å². The first-order chi connectivity index (χ1) is 10.4. The standard InChI is InChI=1S/C19H29NO2/c1-6-18(21)22-19(11-16(4)20(5)13-15(19)3)12-17-9-7-14(2)8-10-17/h7-10,15-16H,6,11-13H2,1-5H3/t15-,16+,19+/m0/s1. The fourth-order valence-corrected chi connectivity index (χ4v) is 3.41. The van der Waals surface area contributed by atoms with Crippen molar-refractivity contribution in [2.24, 2.45) is 5.92 Å². The van der Waals surface area contributed by atoms with E-state index in [1.807, 2.05) is 6.92 Å². The highest BCUT2D eigenvalue weighted by Gasteiger charge is 2.45. The van der Waals surface area contributed by atoms with E-state index in [1.54, 1.807) is 0 Å². The van der Waals surface area contributed by atoms with Crippen molar-refractivity contribution >= 4 is 5.97 Å². The van der Waals surface area contributed by atoms with E-state index in [9.17, 15) is 4.79 Å². The predicted molar refractivity (Wildman–Crippen MR) is 89.9 cm³/mol. The second kappa shape index (κ2) is 6.82. The van der Waals surface area contributed by atoms with Crippen molar-refractivity contribution in [3.8, 4) is 0 Å². The zero-order chi connectivity index (χ0) is 16.3. The number of piperidine rings is 1. The van der Waals surface area contributed by atoms with E-state index in [4.69, 9.17) is 4.74 Å². The Balaban J connectivity index is 2.28. The second-order valence-corrected chi connectivity index (χ2v) is 6.95. The van der Waals surface area contributed by atoms with Crippen molar-refractivity contribution in [3.63, 3.8) is 0 Å². The van der Waals surface area contributed by atoms with Gasteiger partial charge in [0.15, 0.2) is 0 Å². The first-order valence-corrected chi connectivity index (χ1v) is 8.34. The molecule has 1 saturated heterocycles. The Kier molecular flexibility index (Phi) is 5.28. The number of ether oxygens (including phenoxy) is 1. The number of rotatable bonds is 4. The number of hydrogen-bond donors (Lipinski definition) is 0. The number of esters is 1. The SMILES string of the molecule is CCC(=O)O[C@@]1(Cc2ccc(C)cc2)C[C@@H](C)N(C)C[C@@H]1C. The fourth-order valence-electron chi connectivity index (χ4n) is 3.41. The molecule has 1 aliphatic rings. The van der Waals surface area contributed by atoms with Crippen LogP contribution in [0.3, 0.4) is 0 Å². The van der Waals surface area contributed by atoms with Gasteiger partial charge in [-0.3, -0.25) is 4.79 Å². The molecule has 3 nitrogen and oxygen atoms in total. The van der Waals surface area contributed by atoms with Crippen molar-refractivity contribution in [2.75, 3.05) is 13.6 Å². The first-order valence-electron chi connectivity index (χ1n) is 8.34. The normalized spacial score (nSPS) is 29.3. The smallest absolute Gasteiger partial charge is 0.306 e. The van der Waals surface area contributed by atoms with Crippen LogP contribution in [0.15, 0.2) is 24.3 Å². The summed E-state index contributed by atoms with van der Waals surface area (Å²) in [6.07, 6.45) is 2.13. The molecule has 1 aliphatic heterocycles. The molecule has 3 heteroatoms. The molecule has 0 spiro atoms. The van der Waals surface area contributed by atoms with E-state index >= 15 is 0 Å². The monoisotopic (exact) mass is 303 g/mol. The van der Waals surface area contributed by atoms with Crippen LogP contribution in [-0.2, 0) is 16.0 Å². The van der Waals surface area contributed by atoms with Gasteiger partial charge in [0, 0.05) is 37.8 Å². The average Bonchev–Trinajstić information content (AvgIpc) is 2.47. The summed E-state index contributed by atoms with van der Waals surface area (Å²) < 4.78 is 6.03. The van der Waals surface area contributed by atoms with Crippen LogP contribution in [0.5, 0.6) is 0 Å². The molecule has 0 amide bonds. The molecule has 0 aliphatic carbocycles. The van der Waals surface area contributed by atoms with Crippen LogP contribution in [0.1, 0.15) is 44.7 Å². The Labute approximate surface area is 134 Å². The zero-order valence-electron chi connectivity index (χ0n) is 14.6. The first kappa shape index (κ1) is 17.0. The van der Waals surface area contributed by atoms with E-state index in [0.29, 0.717) is 18.4 Å². The van der Waals surface area contributed by atoms with Gasteiger partial charge in [-0.1, -0.05) is 43.7 Å². The number of aryl methyl sites for hydroxylation is 1. The molecule has 0 bridgehead atoms. The number of carbonyl (C=O) groups is 1. The molecule has 0 saturated carbocycles. The quantitative estimate of drug-likeness (QED) is 0.796. The Morgan fingerprint density at radius 2 is 1.95 bits per heavy atom. The van der Waals surface area contributed by atoms with E-state index in [-0.39, 0.29) is 11.6 Å². The van der Waals surface area contributed by atoms with Crippen LogP contribution in [0.4, 0.5) is 0 Å². The summed E-state index contributed by atoms with van der Waals surface area (Å²) in [4.78, 5) is 14.4. The molecular formula is C19H29NO2. The number of hydrogen-bond acceptors (Lipinski definition) is 3. The van der Waals surface area contributed by atoms with Crippen molar-refractivity contribution in [1.82, 2.24) is 4.90 Å². The van der Waals surface area contributed by atoms with Gasteiger partial charge in [0.1, 0.15) is 5.60 Å². The molecule has 1 aromatic rings. The van der Waals surface area contributed by atoms with E-state index in [2.05, 4.69) is 57.0 Å². The van der Waals surface area contributed by atoms with E-state index in [0.717, 1.165) is 19.4 Å². The molecule has 22 heavy (non-hydrogen) atoms.